The van der Waals surface area contributed by atoms with Gasteiger partial charge in [0.1, 0.15) is 19.3 Å². The quantitative estimate of drug-likeness (QED) is 0.0222. The van der Waals surface area contributed by atoms with E-state index in [4.69, 9.17) is 37.0 Å². The van der Waals surface area contributed by atoms with E-state index in [1.807, 2.05) is 0 Å². The van der Waals surface area contributed by atoms with Gasteiger partial charge in [0, 0.05) is 25.7 Å². The van der Waals surface area contributed by atoms with Crippen LogP contribution in [0.4, 0.5) is 0 Å². The first-order valence-electron chi connectivity index (χ1n) is 40.2. The van der Waals surface area contributed by atoms with Crippen molar-refractivity contribution in [3.8, 4) is 0 Å². The number of ether oxygens (including phenoxy) is 4. The van der Waals surface area contributed by atoms with Gasteiger partial charge < -0.3 is 33.8 Å². The van der Waals surface area contributed by atoms with Crippen LogP contribution in [0, 0.1) is 5.92 Å². The molecule has 3 unspecified atom stereocenters. The average Bonchev–Trinajstić information content (AvgIpc) is 1.14. The Morgan fingerprint density at radius 2 is 0.500 bits per heavy atom. The molecule has 0 aromatic rings. The van der Waals surface area contributed by atoms with Crippen molar-refractivity contribution < 1.29 is 80.2 Å². The summed E-state index contributed by atoms with van der Waals surface area (Å²) in [6.45, 7) is 7.33. The fraction of sp³-hybridized carbons (Fsp3) is 0.948. The second-order valence-electron chi connectivity index (χ2n) is 28.0. The highest BCUT2D eigenvalue weighted by molar-refractivity contribution is 7.47. The molecule has 0 saturated carbocycles. The van der Waals surface area contributed by atoms with Crippen LogP contribution in [-0.4, -0.2) is 96.7 Å². The molecule has 0 rings (SSSR count). The SMILES string of the molecule is CCCCCCCCCCCCCCCCC(=O)OC[C@H](COP(=O)(O)OC[C@@H](O)COP(=O)(O)OC[C@@H](COC(=O)CCCCCCCCC)OC(=O)CCCCCCCCCCCCCCC)OC(=O)CCCCCCCCCCCCCCCCCCCCC(C)CC. The number of carbonyl (C=O) groups excluding carboxylic acids is 4. The first-order chi connectivity index (χ1) is 46.6. The zero-order valence-electron chi connectivity index (χ0n) is 62.5. The summed E-state index contributed by atoms with van der Waals surface area (Å²) in [5.74, 6) is -1.24. The summed E-state index contributed by atoms with van der Waals surface area (Å²) < 4.78 is 68.4. The fourth-order valence-corrected chi connectivity index (χ4v) is 13.4. The molecule has 0 aliphatic carbocycles. The van der Waals surface area contributed by atoms with Gasteiger partial charge in [-0.15, -0.1) is 0 Å². The summed E-state index contributed by atoms with van der Waals surface area (Å²) in [5, 5.41) is 10.6. The lowest BCUT2D eigenvalue weighted by atomic mass is 9.99. The van der Waals surface area contributed by atoms with Crippen molar-refractivity contribution in [3.63, 3.8) is 0 Å². The molecule has 0 heterocycles. The molecule has 0 radical (unpaired) electrons. The molecule has 17 nitrogen and oxygen atoms in total. The summed E-state index contributed by atoms with van der Waals surface area (Å²) >= 11 is 0. The van der Waals surface area contributed by atoms with Crippen LogP contribution in [0.2, 0.25) is 0 Å². The molecule has 19 heteroatoms. The van der Waals surface area contributed by atoms with Crippen LogP contribution in [-0.2, 0) is 65.4 Å². The summed E-state index contributed by atoms with van der Waals surface area (Å²) in [7, 11) is -9.90. The molecule has 0 saturated heterocycles. The van der Waals surface area contributed by atoms with Crippen molar-refractivity contribution in [2.24, 2.45) is 5.92 Å². The van der Waals surface area contributed by atoms with E-state index in [0.717, 1.165) is 109 Å². The van der Waals surface area contributed by atoms with Crippen molar-refractivity contribution in [2.45, 2.75) is 425 Å². The van der Waals surface area contributed by atoms with Gasteiger partial charge in [0.15, 0.2) is 12.2 Å². The van der Waals surface area contributed by atoms with Crippen LogP contribution >= 0.6 is 15.6 Å². The Kier molecular flexibility index (Phi) is 68.7. The second kappa shape index (κ2) is 70.1. The molecule has 0 spiro atoms. The van der Waals surface area contributed by atoms with Crippen molar-refractivity contribution in [3.05, 3.63) is 0 Å². The number of phosphoric acid groups is 2. The van der Waals surface area contributed by atoms with Gasteiger partial charge in [-0.2, -0.15) is 0 Å². The smallest absolute Gasteiger partial charge is 0.462 e. The largest absolute Gasteiger partial charge is 0.472 e. The highest BCUT2D eigenvalue weighted by Gasteiger charge is 2.30. The van der Waals surface area contributed by atoms with E-state index in [2.05, 4.69) is 34.6 Å². The molecule has 0 aromatic carbocycles. The van der Waals surface area contributed by atoms with Crippen LogP contribution in [0.3, 0.4) is 0 Å². The number of hydrogen-bond acceptors (Lipinski definition) is 15. The maximum absolute atomic E-state index is 13.1. The van der Waals surface area contributed by atoms with Gasteiger partial charge >= 0.3 is 39.5 Å². The second-order valence-corrected chi connectivity index (χ2v) is 30.9. The van der Waals surface area contributed by atoms with Gasteiger partial charge in [0.05, 0.1) is 26.4 Å². The molecule has 0 fully saturated rings. The Labute approximate surface area is 588 Å². The van der Waals surface area contributed by atoms with Gasteiger partial charge in [0.25, 0.3) is 0 Å². The topological polar surface area (TPSA) is 237 Å². The van der Waals surface area contributed by atoms with E-state index in [1.54, 1.807) is 0 Å². The minimum Gasteiger partial charge on any atom is -0.462 e. The zero-order chi connectivity index (χ0) is 70.5. The minimum atomic E-state index is -4.96. The van der Waals surface area contributed by atoms with E-state index < -0.39 is 97.5 Å². The number of esters is 4. The first kappa shape index (κ1) is 94.1. The molecule has 0 aliphatic rings. The summed E-state index contributed by atoms with van der Waals surface area (Å²) in [5.41, 5.74) is 0. The molecule has 0 bridgehead atoms. The van der Waals surface area contributed by atoms with E-state index >= 15 is 0 Å². The molecule has 0 aliphatic heterocycles. The number of carbonyl (C=O) groups is 4. The Bertz CT molecular complexity index is 1840. The summed E-state index contributed by atoms with van der Waals surface area (Å²) in [6, 6.07) is 0. The number of aliphatic hydroxyl groups is 1. The third-order valence-electron chi connectivity index (χ3n) is 18.4. The number of unbranched alkanes of at least 4 members (excludes halogenated alkanes) is 48. The maximum Gasteiger partial charge on any atom is 0.472 e. The van der Waals surface area contributed by atoms with Gasteiger partial charge in [0.2, 0.25) is 0 Å². The highest BCUT2D eigenvalue weighted by atomic mass is 31.2. The van der Waals surface area contributed by atoms with E-state index in [-0.39, 0.29) is 25.7 Å². The van der Waals surface area contributed by atoms with Crippen molar-refractivity contribution in [2.75, 3.05) is 39.6 Å². The standard InChI is InChI=1S/C77H150O17P2/c1-6-10-13-16-19-21-23-25-34-37-41-46-51-56-61-75(80)88-67-73(94-77(82)63-58-53-48-43-39-35-31-29-27-26-28-30-33-36-40-45-49-54-59-70(5)9-4)69-92-96(85,86)90-65-71(78)64-89-95(83,84)91-68-72(66-87-74(79)60-55-50-44-18-15-12-8-3)93-76(81)62-57-52-47-42-38-32-24-22-20-17-14-11-7-2/h70-73,78H,6-69H2,1-5H3,(H,83,84)(H,85,86)/t70?,71-,72+,73+/m0/s1. The molecule has 570 valence electrons. The lowest BCUT2D eigenvalue weighted by Crippen LogP contribution is -2.30. The van der Waals surface area contributed by atoms with Crippen molar-refractivity contribution >= 4 is 39.5 Å². The van der Waals surface area contributed by atoms with Crippen molar-refractivity contribution in [1.82, 2.24) is 0 Å². The maximum atomic E-state index is 13.1. The van der Waals surface area contributed by atoms with Crippen LogP contribution in [0.25, 0.3) is 0 Å². The number of rotatable bonds is 77. The monoisotopic (exact) mass is 1410 g/mol. The summed E-state index contributed by atoms with van der Waals surface area (Å²) in [4.78, 5) is 72.7. The van der Waals surface area contributed by atoms with Crippen LogP contribution in [0.1, 0.15) is 407 Å². The van der Waals surface area contributed by atoms with Gasteiger partial charge in [-0.1, -0.05) is 356 Å². The third-order valence-corrected chi connectivity index (χ3v) is 20.3. The first-order valence-corrected chi connectivity index (χ1v) is 43.2. The Balaban J connectivity index is 5.15. The number of hydrogen-bond donors (Lipinski definition) is 3. The third kappa shape index (κ3) is 69.2. The number of phosphoric ester groups is 2. The van der Waals surface area contributed by atoms with E-state index in [1.165, 1.54) is 218 Å². The Morgan fingerprint density at radius 3 is 0.740 bits per heavy atom. The van der Waals surface area contributed by atoms with Gasteiger partial charge in [-0.25, -0.2) is 9.13 Å². The molecule has 3 N–H and O–H groups in total. The predicted octanol–water partition coefficient (Wildman–Crippen LogP) is 22.9. The zero-order valence-corrected chi connectivity index (χ0v) is 64.3. The van der Waals surface area contributed by atoms with Gasteiger partial charge in [-0.05, 0) is 31.6 Å². The molecular formula is C77H150O17P2. The average molecular weight is 1410 g/mol. The van der Waals surface area contributed by atoms with Crippen molar-refractivity contribution in [1.29, 1.82) is 0 Å². The fourth-order valence-electron chi connectivity index (χ4n) is 11.8. The molecule has 6 atom stereocenters. The molecule has 96 heavy (non-hydrogen) atoms. The summed E-state index contributed by atoms with van der Waals surface area (Å²) in [6.07, 6.45) is 59.7. The van der Waals surface area contributed by atoms with E-state index in [0.29, 0.717) is 25.7 Å². The lowest BCUT2D eigenvalue weighted by molar-refractivity contribution is -0.161. The number of aliphatic hydroxyl groups excluding tert-OH is 1. The molecule has 0 aromatic heterocycles. The van der Waals surface area contributed by atoms with Crippen LogP contribution in [0.5, 0.6) is 0 Å². The molecular weight excluding hydrogens is 1260 g/mol. The van der Waals surface area contributed by atoms with Crippen LogP contribution < -0.4 is 0 Å². The highest BCUT2D eigenvalue weighted by Crippen LogP contribution is 2.45. The normalized spacial score (nSPS) is 14.2. The van der Waals surface area contributed by atoms with Crippen LogP contribution in [0.15, 0.2) is 0 Å². The minimum absolute atomic E-state index is 0.108. The van der Waals surface area contributed by atoms with E-state index in [9.17, 15) is 43.2 Å². The predicted molar refractivity (Wildman–Crippen MR) is 391 cm³/mol. The molecule has 0 amide bonds. The van der Waals surface area contributed by atoms with Gasteiger partial charge in [-0.3, -0.25) is 37.3 Å². The Morgan fingerprint density at radius 1 is 0.292 bits per heavy atom. The Hall–Kier alpha value is -1.94. The lowest BCUT2D eigenvalue weighted by Gasteiger charge is -2.21.